The third-order valence-electron chi connectivity index (χ3n) is 5.58. The Morgan fingerprint density at radius 1 is 1.31 bits per heavy atom. The van der Waals surface area contributed by atoms with E-state index in [9.17, 15) is 18.0 Å². The lowest BCUT2D eigenvalue weighted by Crippen LogP contribution is -2.49. The molecule has 4 rings (SSSR count). The van der Waals surface area contributed by atoms with Gasteiger partial charge >= 0.3 is 6.36 Å². The van der Waals surface area contributed by atoms with Crippen molar-refractivity contribution in [1.82, 2.24) is 15.0 Å². The van der Waals surface area contributed by atoms with Crippen LogP contribution in [0.1, 0.15) is 54.2 Å². The minimum Gasteiger partial charge on any atom is -0.406 e. The minimum atomic E-state index is -4.76. The normalized spacial score (nSPS) is 22.6. The molecule has 1 aromatic heterocycles. The summed E-state index contributed by atoms with van der Waals surface area (Å²) in [6, 6.07) is 5.04. The van der Waals surface area contributed by atoms with E-state index < -0.39 is 6.36 Å². The molecule has 1 saturated heterocycles. The number of hydrogen-bond donors (Lipinski definition) is 0. The SMILES string of the molecule is Cc1nc(C2(CC3CC3)CCCN(C(=O)c3ccc(OC(F)(F)F)cc3)C2)no1. The zero-order chi connectivity index (χ0) is 20.6. The highest BCUT2D eigenvalue weighted by molar-refractivity contribution is 5.94. The van der Waals surface area contributed by atoms with Crippen LogP contribution in [-0.2, 0) is 5.41 Å². The number of benzene rings is 1. The Hall–Kier alpha value is -2.58. The number of aryl methyl sites for hydroxylation is 1. The first kappa shape index (κ1) is 19.7. The molecule has 1 aliphatic heterocycles. The van der Waals surface area contributed by atoms with Crippen molar-refractivity contribution in [3.63, 3.8) is 0 Å². The van der Waals surface area contributed by atoms with Crippen LogP contribution >= 0.6 is 0 Å². The Balaban J connectivity index is 1.52. The number of carbonyl (C=O) groups excluding carboxylic acids is 1. The zero-order valence-electron chi connectivity index (χ0n) is 16.0. The summed E-state index contributed by atoms with van der Waals surface area (Å²) >= 11 is 0. The third kappa shape index (κ3) is 4.54. The van der Waals surface area contributed by atoms with E-state index >= 15 is 0 Å². The molecular weight excluding hydrogens is 387 g/mol. The summed E-state index contributed by atoms with van der Waals surface area (Å²) in [5.74, 6) is 1.19. The van der Waals surface area contributed by atoms with E-state index in [2.05, 4.69) is 14.9 Å². The molecule has 9 heteroatoms. The van der Waals surface area contributed by atoms with Gasteiger partial charge < -0.3 is 14.2 Å². The molecule has 2 aromatic rings. The first-order chi connectivity index (χ1) is 13.7. The summed E-state index contributed by atoms with van der Waals surface area (Å²) in [6.45, 7) is 2.81. The summed E-state index contributed by atoms with van der Waals surface area (Å²) in [5.41, 5.74) is -0.0161. The van der Waals surface area contributed by atoms with Crippen LogP contribution in [0.3, 0.4) is 0 Å². The molecule has 1 amide bonds. The maximum atomic E-state index is 13.0. The molecule has 1 unspecified atom stereocenters. The Kier molecular flexibility index (Phi) is 5.00. The maximum Gasteiger partial charge on any atom is 0.573 e. The van der Waals surface area contributed by atoms with Gasteiger partial charge in [0.1, 0.15) is 5.75 Å². The summed E-state index contributed by atoms with van der Waals surface area (Å²) in [6.07, 6.45) is 0.184. The summed E-state index contributed by atoms with van der Waals surface area (Å²) in [5, 5.41) is 4.16. The zero-order valence-corrected chi connectivity index (χ0v) is 16.0. The third-order valence-corrected chi connectivity index (χ3v) is 5.58. The molecule has 0 N–H and O–H groups in total. The number of carbonyl (C=O) groups is 1. The van der Waals surface area contributed by atoms with Gasteiger partial charge in [0.05, 0.1) is 5.41 Å². The number of ether oxygens (including phenoxy) is 1. The molecule has 1 aliphatic carbocycles. The predicted molar refractivity (Wildman–Crippen MR) is 96.3 cm³/mol. The van der Waals surface area contributed by atoms with Gasteiger partial charge in [-0.2, -0.15) is 4.98 Å². The summed E-state index contributed by atoms with van der Waals surface area (Å²) in [4.78, 5) is 19.2. The predicted octanol–water partition coefficient (Wildman–Crippen LogP) is 4.25. The fraction of sp³-hybridized carbons (Fsp3) is 0.550. The number of piperidine rings is 1. The van der Waals surface area contributed by atoms with Crippen LogP contribution in [0.2, 0.25) is 0 Å². The standard InChI is InChI=1S/C20H22F3N3O3/c1-13-24-18(25-29-13)19(11-14-3-4-14)9-2-10-26(12-19)17(27)15-5-7-16(8-6-15)28-20(21,22)23/h5-8,14H,2-4,9-12H2,1H3. The van der Waals surface area contributed by atoms with E-state index in [1.807, 2.05) is 0 Å². The highest BCUT2D eigenvalue weighted by Crippen LogP contribution is 2.45. The van der Waals surface area contributed by atoms with Crippen LogP contribution in [0.5, 0.6) is 5.75 Å². The fourth-order valence-corrected chi connectivity index (χ4v) is 4.12. The van der Waals surface area contributed by atoms with E-state index in [0.717, 1.165) is 31.4 Å². The lowest BCUT2D eigenvalue weighted by molar-refractivity contribution is -0.274. The van der Waals surface area contributed by atoms with E-state index in [1.54, 1.807) is 11.8 Å². The quantitative estimate of drug-likeness (QED) is 0.739. The van der Waals surface area contributed by atoms with E-state index in [-0.39, 0.29) is 17.1 Å². The Bertz CT molecular complexity index is 877. The summed E-state index contributed by atoms with van der Waals surface area (Å²) in [7, 11) is 0. The molecule has 6 nitrogen and oxygen atoms in total. The molecule has 1 atom stereocenters. The molecule has 156 valence electrons. The van der Waals surface area contributed by atoms with Crippen LogP contribution in [-0.4, -0.2) is 40.4 Å². The number of nitrogens with zero attached hydrogens (tertiary/aromatic N) is 3. The molecule has 2 aliphatic rings. The van der Waals surface area contributed by atoms with Gasteiger partial charge in [-0.15, -0.1) is 13.2 Å². The topological polar surface area (TPSA) is 68.5 Å². The molecule has 1 aromatic carbocycles. The number of halogens is 3. The van der Waals surface area contributed by atoms with Crippen LogP contribution in [0.15, 0.2) is 28.8 Å². The minimum absolute atomic E-state index is 0.219. The number of alkyl halides is 3. The van der Waals surface area contributed by atoms with Crippen molar-refractivity contribution in [2.45, 2.75) is 50.8 Å². The molecule has 0 spiro atoms. The largest absolute Gasteiger partial charge is 0.573 e. The van der Waals surface area contributed by atoms with Gasteiger partial charge in [0.25, 0.3) is 5.91 Å². The van der Waals surface area contributed by atoms with Gasteiger partial charge in [0, 0.05) is 25.6 Å². The second-order valence-corrected chi connectivity index (χ2v) is 7.97. The van der Waals surface area contributed by atoms with Gasteiger partial charge in [0.15, 0.2) is 5.82 Å². The molecule has 1 saturated carbocycles. The monoisotopic (exact) mass is 409 g/mol. The van der Waals surface area contributed by atoms with E-state index in [0.29, 0.717) is 36.3 Å². The molecule has 29 heavy (non-hydrogen) atoms. The van der Waals surface area contributed by atoms with Gasteiger partial charge in [-0.1, -0.05) is 18.0 Å². The Morgan fingerprint density at radius 2 is 2.03 bits per heavy atom. The second kappa shape index (κ2) is 7.35. The highest BCUT2D eigenvalue weighted by Gasteiger charge is 2.45. The van der Waals surface area contributed by atoms with Crippen LogP contribution < -0.4 is 4.74 Å². The lowest BCUT2D eigenvalue weighted by atomic mass is 9.74. The molecule has 2 heterocycles. The second-order valence-electron chi connectivity index (χ2n) is 7.97. The van der Waals surface area contributed by atoms with Gasteiger partial charge in [-0.05, 0) is 49.4 Å². The molecule has 2 fully saturated rings. The first-order valence-electron chi connectivity index (χ1n) is 9.70. The number of rotatable bonds is 5. The maximum absolute atomic E-state index is 13.0. The molecule has 0 bridgehead atoms. The van der Waals surface area contributed by atoms with Gasteiger partial charge in [-0.3, -0.25) is 4.79 Å². The van der Waals surface area contributed by atoms with Crippen molar-refractivity contribution >= 4 is 5.91 Å². The first-order valence-corrected chi connectivity index (χ1v) is 9.70. The fourth-order valence-electron chi connectivity index (χ4n) is 4.12. The average molecular weight is 409 g/mol. The van der Waals surface area contributed by atoms with Crippen molar-refractivity contribution in [3.8, 4) is 5.75 Å². The van der Waals surface area contributed by atoms with Crippen molar-refractivity contribution < 1.29 is 27.2 Å². The van der Waals surface area contributed by atoms with E-state index in [4.69, 9.17) is 4.52 Å². The Morgan fingerprint density at radius 3 is 2.62 bits per heavy atom. The van der Waals surface area contributed by atoms with E-state index in [1.165, 1.54) is 25.0 Å². The van der Waals surface area contributed by atoms with Crippen molar-refractivity contribution in [2.24, 2.45) is 5.92 Å². The number of hydrogen-bond acceptors (Lipinski definition) is 5. The van der Waals surface area contributed by atoms with Crippen molar-refractivity contribution in [1.29, 1.82) is 0 Å². The van der Waals surface area contributed by atoms with Crippen molar-refractivity contribution in [2.75, 3.05) is 13.1 Å². The average Bonchev–Trinajstić information content (AvgIpc) is 3.36. The van der Waals surface area contributed by atoms with Crippen LogP contribution in [0.4, 0.5) is 13.2 Å². The Labute approximate surface area is 166 Å². The van der Waals surface area contributed by atoms with Crippen LogP contribution in [0, 0.1) is 12.8 Å². The lowest BCUT2D eigenvalue weighted by Gasteiger charge is -2.41. The number of aromatic nitrogens is 2. The summed E-state index contributed by atoms with van der Waals surface area (Å²) < 4.78 is 46.1. The van der Waals surface area contributed by atoms with Gasteiger partial charge in [-0.25, -0.2) is 0 Å². The molecular formula is C20H22F3N3O3. The van der Waals surface area contributed by atoms with Gasteiger partial charge in [0.2, 0.25) is 5.89 Å². The highest BCUT2D eigenvalue weighted by atomic mass is 19.4. The number of amides is 1. The van der Waals surface area contributed by atoms with Crippen molar-refractivity contribution in [3.05, 3.63) is 41.5 Å². The van der Waals surface area contributed by atoms with Crippen LogP contribution in [0.25, 0.3) is 0 Å². The smallest absolute Gasteiger partial charge is 0.406 e. The number of likely N-dealkylation sites (tertiary alicyclic amines) is 1. The molecule has 0 radical (unpaired) electrons.